The Hall–Kier alpha value is -2.58. The van der Waals surface area contributed by atoms with Crippen molar-refractivity contribution in [3.63, 3.8) is 0 Å². The molecule has 0 aromatic heterocycles. The highest BCUT2D eigenvalue weighted by atomic mass is 32.2. The van der Waals surface area contributed by atoms with Gasteiger partial charge in [-0.2, -0.15) is 0 Å². The zero-order chi connectivity index (χ0) is 19.8. The second-order valence-corrected chi connectivity index (χ2v) is 7.90. The number of carbonyl (C=O) groups is 4. The molecule has 0 heterocycles. The maximum Gasteiger partial charge on any atom is 0.325 e. The Morgan fingerprint density at radius 3 is 1.59 bits per heavy atom. The van der Waals surface area contributed by atoms with Gasteiger partial charge in [-0.05, 0) is 6.92 Å². The molecule has 140 valence electrons. The Labute approximate surface area is 164 Å². The molecule has 6 nitrogen and oxygen atoms in total. The number of carboxylic acid groups (broad SMARTS) is 1. The van der Waals surface area contributed by atoms with Crippen molar-refractivity contribution in [2.75, 3.05) is 0 Å². The summed E-state index contributed by atoms with van der Waals surface area (Å²) < 4.78 is -1.12. The van der Waals surface area contributed by atoms with Gasteiger partial charge in [-0.15, -0.1) is 0 Å². The van der Waals surface area contributed by atoms with Crippen LogP contribution < -0.4 is 5.32 Å². The number of benzene rings is 2. The van der Waals surface area contributed by atoms with Gasteiger partial charge in [-0.3, -0.25) is 19.2 Å². The molecule has 2 N–H and O–H groups in total. The van der Waals surface area contributed by atoms with Crippen LogP contribution in [0.1, 0.15) is 27.6 Å². The molecule has 2 aromatic rings. The number of aliphatic carboxylic acids is 1. The average Bonchev–Trinajstić information content (AvgIpc) is 2.68. The highest BCUT2D eigenvalue weighted by Crippen LogP contribution is 2.30. The van der Waals surface area contributed by atoms with Gasteiger partial charge in [0.25, 0.3) is 0 Å². The molecule has 8 heteroatoms. The number of thioether (sulfide) groups is 2. The first kappa shape index (κ1) is 20.7. The molecule has 0 saturated carbocycles. The predicted octanol–water partition coefficient (Wildman–Crippen LogP) is 3.05. The molecule has 2 rings (SSSR count). The lowest BCUT2D eigenvalue weighted by Gasteiger charge is -2.16. The van der Waals surface area contributed by atoms with Gasteiger partial charge in [-0.1, -0.05) is 84.2 Å². The smallest absolute Gasteiger partial charge is 0.325 e. The van der Waals surface area contributed by atoms with Gasteiger partial charge in [0, 0.05) is 11.1 Å². The normalized spacial score (nSPS) is 11.6. The summed E-state index contributed by atoms with van der Waals surface area (Å²) in [4.78, 5) is 48.3. The van der Waals surface area contributed by atoms with E-state index in [-0.39, 0.29) is 10.2 Å². The van der Waals surface area contributed by atoms with E-state index in [0.717, 1.165) is 0 Å². The van der Waals surface area contributed by atoms with Gasteiger partial charge >= 0.3 is 5.97 Å². The van der Waals surface area contributed by atoms with E-state index in [0.29, 0.717) is 34.7 Å². The summed E-state index contributed by atoms with van der Waals surface area (Å²) in [7, 11) is 0. The first-order chi connectivity index (χ1) is 12.9. The third-order valence-corrected chi connectivity index (χ3v) is 5.72. The second kappa shape index (κ2) is 9.94. The van der Waals surface area contributed by atoms with Gasteiger partial charge in [0.15, 0.2) is 0 Å². The lowest BCUT2D eigenvalue weighted by molar-refractivity contribution is -0.141. The van der Waals surface area contributed by atoms with Crippen LogP contribution >= 0.6 is 23.5 Å². The predicted molar refractivity (Wildman–Crippen MR) is 106 cm³/mol. The Kier molecular flexibility index (Phi) is 7.63. The SMILES string of the molecule is CC(NC(=O)C(SC(=O)c1ccccc1)SC(=O)c1ccccc1)C(=O)O. The number of carbonyl (C=O) groups excluding carboxylic acids is 3. The fourth-order valence-electron chi connectivity index (χ4n) is 1.95. The zero-order valence-electron chi connectivity index (χ0n) is 14.3. The summed E-state index contributed by atoms with van der Waals surface area (Å²) in [6.07, 6.45) is 0. The number of hydrogen-bond donors (Lipinski definition) is 2. The lowest BCUT2D eigenvalue weighted by atomic mass is 10.2. The standard InChI is InChI=1S/C19H17NO5S2/c1-12(16(22)23)20-15(21)19(26-17(24)13-8-4-2-5-9-13)27-18(25)14-10-6-3-7-11-14/h2-12,19H,1H3,(H,20,21)(H,22,23). The molecule has 0 fully saturated rings. The van der Waals surface area contributed by atoms with Gasteiger partial charge in [-0.25, -0.2) is 0 Å². The van der Waals surface area contributed by atoms with E-state index in [4.69, 9.17) is 5.11 Å². The molecule has 0 spiro atoms. The van der Waals surface area contributed by atoms with E-state index in [2.05, 4.69) is 5.32 Å². The van der Waals surface area contributed by atoms with Crippen LogP contribution in [0.2, 0.25) is 0 Å². The van der Waals surface area contributed by atoms with Gasteiger partial charge in [0.1, 0.15) is 10.6 Å². The maximum atomic E-state index is 12.5. The highest BCUT2D eigenvalue weighted by molar-refractivity contribution is 8.31. The quantitative estimate of drug-likeness (QED) is 0.685. The summed E-state index contributed by atoms with van der Waals surface area (Å²) in [5, 5.41) is 10.5. The largest absolute Gasteiger partial charge is 0.480 e. The third kappa shape index (κ3) is 6.26. The second-order valence-electron chi connectivity index (χ2n) is 5.44. The van der Waals surface area contributed by atoms with Crippen LogP contribution in [0.3, 0.4) is 0 Å². The molecule has 2 aromatic carbocycles. The van der Waals surface area contributed by atoms with Crippen LogP contribution in [0, 0.1) is 0 Å². The van der Waals surface area contributed by atoms with E-state index in [9.17, 15) is 19.2 Å². The van der Waals surface area contributed by atoms with Crippen molar-refractivity contribution >= 4 is 45.6 Å². The minimum absolute atomic E-state index is 0.382. The number of amides is 1. The number of rotatable bonds is 7. The Morgan fingerprint density at radius 2 is 1.22 bits per heavy atom. The molecule has 0 saturated heterocycles. The molecule has 0 radical (unpaired) electrons. The monoisotopic (exact) mass is 403 g/mol. The van der Waals surface area contributed by atoms with Crippen LogP contribution in [0.5, 0.6) is 0 Å². The average molecular weight is 403 g/mol. The highest BCUT2D eigenvalue weighted by Gasteiger charge is 2.29. The number of carboxylic acids is 1. The lowest BCUT2D eigenvalue weighted by Crippen LogP contribution is -2.42. The number of hydrogen-bond acceptors (Lipinski definition) is 6. The van der Waals surface area contributed by atoms with Crippen molar-refractivity contribution in [2.45, 2.75) is 17.5 Å². The maximum absolute atomic E-state index is 12.5. The zero-order valence-corrected chi connectivity index (χ0v) is 16.0. The molecule has 27 heavy (non-hydrogen) atoms. The minimum Gasteiger partial charge on any atom is -0.480 e. The van der Waals surface area contributed by atoms with Crippen molar-refractivity contribution in [1.29, 1.82) is 0 Å². The van der Waals surface area contributed by atoms with Gasteiger partial charge in [0.05, 0.1) is 0 Å². The van der Waals surface area contributed by atoms with E-state index >= 15 is 0 Å². The van der Waals surface area contributed by atoms with Crippen LogP contribution in [-0.2, 0) is 9.59 Å². The Morgan fingerprint density at radius 1 is 0.815 bits per heavy atom. The molecule has 1 amide bonds. The third-order valence-electron chi connectivity index (χ3n) is 3.39. The molecular formula is C19H17NO5S2. The molecule has 1 atom stereocenters. The molecule has 0 aliphatic heterocycles. The van der Waals surface area contributed by atoms with Crippen molar-refractivity contribution in [2.24, 2.45) is 0 Å². The molecule has 1 unspecified atom stereocenters. The fourth-order valence-corrected chi connectivity index (χ4v) is 3.95. The van der Waals surface area contributed by atoms with Crippen LogP contribution in [0.25, 0.3) is 0 Å². The van der Waals surface area contributed by atoms with E-state index in [1.807, 2.05) is 0 Å². The minimum atomic E-state index is -1.21. The summed E-state index contributed by atoms with van der Waals surface area (Å²) in [5.74, 6) is -1.91. The van der Waals surface area contributed by atoms with Crippen LogP contribution in [0.4, 0.5) is 0 Å². The first-order valence-corrected chi connectivity index (χ1v) is 9.69. The molecule has 0 aliphatic rings. The summed E-state index contributed by atoms with van der Waals surface area (Å²) in [6.45, 7) is 1.31. The Bertz CT molecular complexity index is 773. The molecule has 0 aliphatic carbocycles. The van der Waals surface area contributed by atoms with Crippen molar-refractivity contribution in [3.05, 3.63) is 71.8 Å². The molecular weight excluding hydrogens is 386 g/mol. The number of nitrogens with one attached hydrogen (secondary N) is 1. The van der Waals surface area contributed by atoms with Crippen LogP contribution in [-0.4, -0.2) is 37.8 Å². The van der Waals surface area contributed by atoms with E-state index in [1.54, 1.807) is 60.7 Å². The van der Waals surface area contributed by atoms with E-state index < -0.39 is 22.5 Å². The van der Waals surface area contributed by atoms with Crippen molar-refractivity contribution < 1.29 is 24.3 Å². The van der Waals surface area contributed by atoms with Gasteiger partial charge in [0.2, 0.25) is 16.1 Å². The van der Waals surface area contributed by atoms with Crippen LogP contribution in [0.15, 0.2) is 60.7 Å². The fraction of sp³-hybridized carbons (Fsp3) is 0.158. The summed E-state index contributed by atoms with van der Waals surface area (Å²) in [6, 6.07) is 15.6. The molecule has 0 bridgehead atoms. The van der Waals surface area contributed by atoms with E-state index in [1.165, 1.54) is 6.92 Å². The first-order valence-electron chi connectivity index (χ1n) is 7.93. The summed E-state index contributed by atoms with van der Waals surface area (Å²) in [5.41, 5.74) is 0.777. The topological polar surface area (TPSA) is 101 Å². The van der Waals surface area contributed by atoms with Crippen molar-refractivity contribution in [1.82, 2.24) is 5.32 Å². The Balaban J connectivity index is 2.17. The van der Waals surface area contributed by atoms with Crippen molar-refractivity contribution in [3.8, 4) is 0 Å². The summed E-state index contributed by atoms with van der Waals surface area (Å²) >= 11 is 1.36. The van der Waals surface area contributed by atoms with Gasteiger partial charge < -0.3 is 10.4 Å².